The molecule has 0 aliphatic carbocycles. The summed E-state index contributed by atoms with van der Waals surface area (Å²) in [6.45, 7) is 4.57. The number of hydrogen-bond acceptors (Lipinski definition) is 7. The zero-order valence-corrected chi connectivity index (χ0v) is 20.0. The average Bonchev–Trinajstić information content (AvgIpc) is 2.80. The molecule has 33 heavy (non-hydrogen) atoms. The summed E-state index contributed by atoms with van der Waals surface area (Å²) in [5.41, 5.74) is 2.66. The molecule has 1 atom stereocenters. The smallest absolute Gasteiger partial charge is 0.219 e. The molecule has 0 aromatic heterocycles. The average molecular weight is 460 g/mol. The second-order valence-electron chi connectivity index (χ2n) is 9.01. The molecule has 1 unspecified atom stereocenters. The predicted octanol–water partition coefficient (Wildman–Crippen LogP) is 0.762. The van der Waals surface area contributed by atoms with Crippen LogP contribution < -0.4 is 20.4 Å². The number of ether oxygens (including phenoxy) is 1. The molecule has 182 valence electrons. The fourth-order valence-electron chi connectivity index (χ4n) is 4.60. The molecule has 9 nitrogen and oxygen atoms in total. The van der Waals surface area contributed by atoms with Crippen LogP contribution in [0.15, 0.2) is 18.2 Å². The van der Waals surface area contributed by atoms with Gasteiger partial charge in [-0.1, -0.05) is 12.1 Å². The number of amides is 2. The van der Waals surface area contributed by atoms with Crippen molar-refractivity contribution >= 4 is 30.0 Å². The van der Waals surface area contributed by atoms with Crippen LogP contribution in [0, 0.1) is 0 Å². The summed E-state index contributed by atoms with van der Waals surface area (Å²) < 4.78 is 6.24. The molecule has 0 spiro atoms. The summed E-state index contributed by atoms with van der Waals surface area (Å²) in [5, 5.41) is 5.92. The number of carbonyl (C=O) groups is 3. The third kappa shape index (κ3) is 6.52. The van der Waals surface area contributed by atoms with Crippen molar-refractivity contribution in [3.8, 4) is 0 Å². The van der Waals surface area contributed by atoms with Gasteiger partial charge in [-0.3, -0.25) is 14.5 Å². The number of anilines is 2. The Morgan fingerprint density at radius 2 is 1.97 bits per heavy atom. The Hall–Kier alpha value is -2.49. The quantitative estimate of drug-likeness (QED) is 0.446. The normalized spacial score (nSPS) is 18.3. The van der Waals surface area contributed by atoms with E-state index in [4.69, 9.17) is 4.74 Å². The van der Waals surface area contributed by atoms with Gasteiger partial charge in [0.15, 0.2) is 0 Å². The van der Waals surface area contributed by atoms with Crippen LogP contribution in [-0.4, -0.2) is 89.1 Å². The number of aldehydes is 1. The molecule has 9 heteroatoms. The van der Waals surface area contributed by atoms with Crippen molar-refractivity contribution in [2.45, 2.75) is 50.5 Å². The van der Waals surface area contributed by atoms with Gasteiger partial charge < -0.3 is 30.0 Å². The lowest BCUT2D eigenvalue weighted by atomic mass is 10.0. The van der Waals surface area contributed by atoms with Crippen molar-refractivity contribution < 1.29 is 19.1 Å². The Labute approximate surface area is 196 Å². The summed E-state index contributed by atoms with van der Waals surface area (Å²) in [5.74, 6) is -0.159. The number of piperidine rings is 1. The Morgan fingerprint density at radius 1 is 1.24 bits per heavy atom. The minimum absolute atomic E-state index is 0.159. The monoisotopic (exact) mass is 459 g/mol. The van der Waals surface area contributed by atoms with E-state index in [9.17, 15) is 14.4 Å². The minimum atomic E-state index is -0.708. The van der Waals surface area contributed by atoms with E-state index < -0.39 is 6.04 Å². The molecule has 3 rings (SSSR count). The van der Waals surface area contributed by atoms with Crippen LogP contribution in [0.3, 0.4) is 0 Å². The summed E-state index contributed by atoms with van der Waals surface area (Å²) in [6, 6.07) is 5.12. The summed E-state index contributed by atoms with van der Waals surface area (Å²) in [6.07, 6.45) is 4.63. The molecule has 2 N–H and O–H groups in total. The van der Waals surface area contributed by atoms with E-state index in [0.717, 1.165) is 63.1 Å². The highest BCUT2D eigenvalue weighted by atomic mass is 16.5. The molecule has 0 bridgehead atoms. The van der Waals surface area contributed by atoms with Gasteiger partial charge in [-0.15, -0.1) is 0 Å². The van der Waals surface area contributed by atoms with Crippen molar-refractivity contribution in [2.24, 2.45) is 0 Å². The highest BCUT2D eigenvalue weighted by Crippen LogP contribution is 2.34. The van der Waals surface area contributed by atoms with Crippen molar-refractivity contribution in [1.29, 1.82) is 0 Å². The van der Waals surface area contributed by atoms with Gasteiger partial charge in [0.1, 0.15) is 6.29 Å². The first-order chi connectivity index (χ1) is 16.0. The van der Waals surface area contributed by atoms with Gasteiger partial charge in [0.05, 0.1) is 29.6 Å². The van der Waals surface area contributed by atoms with Gasteiger partial charge in [0, 0.05) is 47.2 Å². The second-order valence-corrected chi connectivity index (χ2v) is 9.01. The van der Waals surface area contributed by atoms with Crippen LogP contribution in [-0.2, 0) is 25.7 Å². The van der Waals surface area contributed by atoms with E-state index in [1.165, 1.54) is 4.90 Å². The lowest BCUT2D eigenvalue weighted by Crippen LogP contribution is -2.53. The largest absolute Gasteiger partial charge is 0.376 e. The molecular weight excluding hydrogens is 422 g/mol. The standard InChI is InChI=1S/C24H37N5O4/c1-25-23(32)8-7-19(16-30)29(17-31)22-6-4-5-18(24(22)27(2)3)13-28-14-21(15-28)33-20-9-11-26-12-10-20/h4-6,16-17,19-21,26H,7-15H2,1-3H3,(H,25,32). The first-order valence-electron chi connectivity index (χ1n) is 11.7. The van der Waals surface area contributed by atoms with E-state index in [-0.39, 0.29) is 24.9 Å². The van der Waals surface area contributed by atoms with Gasteiger partial charge in [0.25, 0.3) is 0 Å². The number of hydrogen-bond donors (Lipinski definition) is 2. The van der Waals surface area contributed by atoms with Gasteiger partial charge in [0.2, 0.25) is 12.3 Å². The van der Waals surface area contributed by atoms with Gasteiger partial charge in [-0.05, 0) is 44.0 Å². The van der Waals surface area contributed by atoms with Gasteiger partial charge >= 0.3 is 0 Å². The zero-order valence-electron chi connectivity index (χ0n) is 20.0. The molecule has 0 saturated carbocycles. The number of para-hydroxylation sites is 1. The Morgan fingerprint density at radius 3 is 2.58 bits per heavy atom. The van der Waals surface area contributed by atoms with E-state index in [0.29, 0.717) is 18.2 Å². The van der Waals surface area contributed by atoms with Crippen LogP contribution >= 0.6 is 0 Å². The van der Waals surface area contributed by atoms with Crippen LogP contribution in [0.25, 0.3) is 0 Å². The molecule has 2 saturated heterocycles. The maximum atomic E-state index is 12.0. The third-order valence-electron chi connectivity index (χ3n) is 6.39. The lowest BCUT2D eigenvalue weighted by Gasteiger charge is -2.42. The van der Waals surface area contributed by atoms with Crippen LogP contribution in [0.4, 0.5) is 11.4 Å². The van der Waals surface area contributed by atoms with E-state index in [1.807, 2.05) is 31.1 Å². The molecule has 2 amide bonds. The van der Waals surface area contributed by atoms with E-state index >= 15 is 0 Å². The Balaban J connectivity index is 1.69. The highest BCUT2D eigenvalue weighted by Gasteiger charge is 2.31. The third-order valence-corrected chi connectivity index (χ3v) is 6.39. The number of likely N-dealkylation sites (tertiary alicyclic amines) is 1. The molecular formula is C24H37N5O4. The molecule has 2 fully saturated rings. The van der Waals surface area contributed by atoms with Crippen molar-refractivity contribution in [3.63, 3.8) is 0 Å². The maximum absolute atomic E-state index is 12.0. The summed E-state index contributed by atoms with van der Waals surface area (Å²) >= 11 is 0. The summed E-state index contributed by atoms with van der Waals surface area (Å²) in [4.78, 5) is 41.3. The minimum Gasteiger partial charge on any atom is -0.376 e. The first-order valence-corrected chi connectivity index (χ1v) is 11.7. The number of rotatable bonds is 12. The zero-order chi connectivity index (χ0) is 23.8. The fraction of sp³-hybridized carbons (Fsp3) is 0.625. The van der Waals surface area contributed by atoms with Crippen LogP contribution in [0.1, 0.15) is 31.2 Å². The fourth-order valence-corrected chi connectivity index (χ4v) is 4.60. The van der Waals surface area contributed by atoms with Crippen molar-refractivity contribution in [1.82, 2.24) is 15.5 Å². The summed E-state index contributed by atoms with van der Waals surface area (Å²) in [7, 11) is 5.43. The van der Waals surface area contributed by atoms with Crippen molar-refractivity contribution in [2.75, 3.05) is 57.1 Å². The van der Waals surface area contributed by atoms with E-state index in [1.54, 1.807) is 7.05 Å². The van der Waals surface area contributed by atoms with Crippen LogP contribution in [0.2, 0.25) is 0 Å². The molecule has 2 aliphatic heterocycles. The Bertz CT molecular complexity index is 806. The highest BCUT2D eigenvalue weighted by molar-refractivity contribution is 5.90. The molecule has 2 heterocycles. The lowest BCUT2D eigenvalue weighted by molar-refractivity contribution is -0.121. The number of benzene rings is 1. The molecule has 2 aliphatic rings. The molecule has 0 radical (unpaired) electrons. The molecule has 1 aromatic rings. The number of carbonyl (C=O) groups excluding carboxylic acids is 3. The molecule has 1 aromatic carbocycles. The van der Waals surface area contributed by atoms with Crippen LogP contribution in [0.5, 0.6) is 0 Å². The Kier molecular flexibility index (Phi) is 9.22. The maximum Gasteiger partial charge on any atom is 0.219 e. The first kappa shape index (κ1) is 25.1. The van der Waals surface area contributed by atoms with Gasteiger partial charge in [-0.25, -0.2) is 0 Å². The topological polar surface area (TPSA) is 94.2 Å². The van der Waals surface area contributed by atoms with Gasteiger partial charge in [-0.2, -0.15) is 0 Å². The SMILES string of the molecule is CNC(=O)CCC(C=O)N(C=O)c1cccc(CN2CC(OC3CCNCC3)C2)c1N(C)C. The second kappa shape index (κ2) is 12.1. The predicted molar refractivity (Wildman–Crippen MR) is 129 cm³/mol. The number of nitrogens with zero attached hydrogens (tertiary/aromatic N) is 3. The number of nitrogens with one attached hydrogen (secondary N) is 2. The van der Waals surface area contributed by atoms with Crippen molar-refractivity contribution in [3.05, 3.63) is 23.8 Å². The van der Waals surface area contributed by atoms with E-state index in [2.05, 4.69) is 21.6 Å².